The second kappa shape index (κ2) is 8.88. The minimum Gasteiger partial charge on any atom is -0.490 e. The molecule has 0 aliphatic rings. The molecule has 0 heterocycles. The number of hydrogen-bond acceptors (Lipinski definition) is 3. The van der Waals surface area contributed by atoms with Gasteiger partial charge in [0.05, 0.1) is 6.61 Å². The van der Waals surface area contributed by atoms with E-state index in [9.17, 15) is 4.39 Å². The number of rotatable bonds is 9. The molecule has 0 aromatic heterocycles. The van der Waals surface area contributed by atoms with Gasteiger partial charge in [0.25, 0.3) is 0 Å². The van der Waals surface area contributed by atoms with Crippen LogP contribution in [-0.2, 0) is 6.54 Å². The third kappa shape index (κ3) is 6.03. The SMILES string of the molecule is CC(C)NCc1cccc(F)c1OCCCCCO. The maximum Gasteiger partial charge on any atom is 0.165 e. The summed E-state index contributed by atoms with van der Waals surface area (Å²) in [6.45, 7) is 5.38. The third-order valence-corrected chi connectivity index (χ3v) is 2.80. The molecule has 3 nitrogen and oxygen atoms in total. The van der Waals surface area contributed by atoms with Crippen LogP contribution >= 0.6 is 0 Å². The number of hydrogen-bond donors (Lipinski definition) is 2. The summed E-state index contributed by atoms with van der Waals surface area (Å²) >= 11 is 0. The number of halogens is 1. The zero-order chi connectivity index (χ0) is 14.1. The fourth-order valence-electron chi connectivity index (χ4n) is 1.73. The predicted octanol–water partition coefficient (Wildman–Crippen LogP) is 2.87. The van der Waals surface area contributed by atoms with Crippen LogP contribution in [0.5, 0.6) is 5.75 Å². The molecule has 0 bridgehead atoms. The van der Waals surface area contributed by atoms with Crippen molar-refractivity contribution in [3.8, 4) is 5.75 Å². The van der Waals surface area contributed by atoms with Gasteiger partial charge in [-0.15, -0.1) is 0 Å². The molecule has 108 valence electrons. The summed E-state index contributed by atoms with van der Waals surface area (Å²) < 4.78 is 19.3. The lowest BCUT2D eigenvalue weighted by Crippen LogP contribution is -2.22. The normalized spacial score (nSPS) is 11.0. The van der Waals surface area contributed by atoms with Crippen molar-refractivity contribution in [3.63, 3.8) is 0 Å². The van der Waals surface area contributed by atoms with Crippen molar-refractivity contribution in [2.24, 2.45) is 0 Å². The van der Waals surface area contributed by atoms with Crippen LogP contribution in [0.3, 0.4) is 0 Å². The highest BCUT2D eigenvalue weighted by Crippen LogP contribution is 2.23. The Hall–Kier alpha value is -1.13. The molecule has 0 amide bonds. The lowest BCUT2D eigenvalue weighted by Gasteiger charge is -2.14. The molecule has 19 heavy (non-hydrogen) atoms. The van der Waals surface area contributed by atoms with E-state index in [-0.39, 0.29) is 12.4 Å². The van der Waals surface area contributed by atoms with Gasteiger partial charge < -0.3 is 15.2 Å². The number of unbranched alkanes of at least 4 members (excludes halogenated alkanes) is 2. The van der Waals surface area contributed by atoms with E-state index in [4.69, 9.17) is 9.84 Å². The lowest BCUT2D eigenvalue weighted by atomic mass is 10.2. The van der Waals surface area contributed by atoms with Crippen LogP contribution in [-0.4, -0.2) is 24.4 Å². The van der Waals surface area contributed by atoms with Crippen LogP contribution < -0.4 is 10.1 Å². The van der Waals surface area contributed by atoms with Gasteiger partial charge in [-0.2, -0.15) is 0 Å². The number of aliphatic hydroxyl groups excluding tert-OH is 1. The summed E-state index contributed by atoms with van der Waals surface area (Å²) in [6.07, 6.45) is 2.48. The second-order valence-electron chi connectivity index (χ2n) is 4.90. The minimum absolute atomic E-state index is 0.198. The molecule has 0 fully saturated rings. The maximum atomic E-state index is 13.8. The predicted molar refractivity (Wildman–Crippen MR) is 74.8 cm³/mol. The molecule has 1 aromatic carbocycles. The first-order valence-electron chi connectivity index (χ1n) is 6.89. The Labute approximate surface area is 114 Å². The highest BCUT2D eigenvalue weighted by atomic mass is 19.1. The molecule has 0 aliphatic heterocycles. The van der Waals surface area contributed by atoms with Gasteiger partial charge in [-0.05, 0) is 25.3 Å². The van der Waals surface area contributed by atoms with Crippen LogP contribution in [0, 0.1) is 5.82 Å². The van der Waals surface area contributed by atoms with E-state index < -0.39 is 0 Å². The highest BCUT2D eigenvalue weighted by Gasteiger charge is 2.09. The second-order valence-corrected chi connectivity index (χ2v) is 4.90. The standard InChI is InChI=1S/C15H24FNO2/c1-12(2)17-11-13-7-6-8-14(16)15(13)19-10-5-3-4-9-18/h6-8,12,17-18H,3-5,9-11H2,1-2H3. The van der Waals surface area contributed by atoms with Crippen molar-refractivity contribution in [1.82, 2.24) is 5.32 Å². The number of para-hydroxylation sites is 1. The molecule has 0 unspecified atom stereocenters. The first kappa shape index (κ1) is 15.9. The Balaban J connectivity index is 2.54. The summed E-state index contributed by atoms with van der Waals surface area (Å²) in [6, 6.07) is 5.34. The first-order valence-corrected chi connectivity index (χ1v) is 6.89. The smallest absolute Gasteiger partial charge is 0.165 e. The molecule has 0 atom stereocenters. The molecule has 4 heteroatoms. The van der Waals surface area contributed by atoms with Crippen molar-refractivity contribution < 1.29 is 14.2 Å². The van der Waals surface area contributed by atoms with E-state index >= 15 is 0 Å². The van der Waals surface area contributed by atoms with E-state index in [1.807, 2.05) is 6.07 Å². The number of nitrogens with one attached hydrogen (secondary N) is 1. The van der Waals surface area contributed by atoms with Gasteiger partial charge in [-0.25, -0.2) is 4.39 Å². The monoisotopic (exact) mass is 269 g/mol. The van der Waals surface area contributed by atoms with Crippen LogP contribution in [0.15, 0.2) is 18.2 Å². The Morgan fingerprint density at radius 1 is 1.26 bits per heavy atom. The Morgan fingerprint density at radius 3 is 2.74 bits per heavy atom. The van der Waals surface area contributed by atoms with Gasteiger partial charge in [-0.3, -0.25) is 0 Å². The third-order valence-electron chi connectivity index (χ3n) is 2.80. The van der Waals surface area contributed by atoms with Crippen LogP contribution in [0.1, 0.15) is 38.7 Å². The summed E-state index contributed by atoms with van der Waals surface area (Å²) in [5.74, 6) is 0.0323. The van der Waals surface area contributed by atoms with E-state index in [0.717, 1.165) is 24.8 Å². The van der Waals surface area contributed by atoms with Crippen molar-refractivity contribution in [1.29, 1.82) is 0 Å². The summed E-state index contributed by atoms with van der Waals surface area (Å²) in [5.41, 5.74) is 0.843. The average molecular weight is 269 g/mol. The van der Waals surface area contributed by atoms with Crippen molar-refractivity contribution in [2.45, 2.75) is 45.7 Å². The molecule has 0 radical (unpaired) electrons. The molecule has 0 spiro atoms. The molecule has 1 rings (SSSR count). The van der Waals surface area contributed by atoms with Gasteiger partial charge in [0.15, 0.2) is 11.6 Å². The topological polar surface area (TPSA) is 41.5 Å². The van der Waals surface area contributed by atoms with E-state index in [0.29, 0.717) is 24.9 Å². The fraction of sp³-hybridized carbons (Fsp3) is 0.600. The van der Waals surface area contributed by atoms with Crippen molar-refractivity contribution in [3.05, 3.63) is 29.6 Å². The Morgan fingerprint density at radius 2 is 2.05 bits per heavy atom. The van der Waals surface area contributed by atoms with Crippen molar-refractivity contribution >= 4 is 0 Å². The lowest BCUT2D eigenvalue weighted by molar-refractivity contribution is 0.260. The largest absolute Gasteiger partial charge is 0.490 e. The molecule has 1 aromatic rings. The molecular formula is C15H24FNO2. The van der Waals surface area contributed by atoms with E-state index in [1.165, 1.54) is 6.07 Å². The first-order chi connectivity index (χ1) is 9.15. The van der Waals surface area contributed by atoms with Gasteiger partial charge in [0.1, 0.15) is 0 Å². The van der Waals surface area contributed by atoms with E-state index in [2.05, 4.69) is 19.2 Å². The van der Waals surface area contributed by atoms with Gasteiger partial charge in [0.2, 0.25) is 0 Å². The van der Waals surface area contributed by atoms with Gasteiger partial charge in [0, 0.05) is 24.8 Å². The fourth-order valence-corrected chi connectivity index (χ4v) is 1.73. The Kier molecular flexibility index (Phi) is 7.45. The van der Waals surface area contributed by atoms with Crippen LogP contribution in [0.4, 0.5) is 4.39 Å². The average Bonchev–Trinajstić information content (AvgIpc) is 2.38. The van der Waals surface area contributed by atoms with Crippen LogP contribution in [0.2, 0.25) is 0 Å². The van der Waals surface area contributed by atoms with Gasteiger partial charge in [-0.1, -0.05) is 26.0 Å². The maximum absolute atomic E-state index is 13.8. The summed E-state index contributed by atoms with van der Waals surface area (Å²) in [4.78, 5) is 0. The zero-order valence-corrected chi connectivity index (χ0v) is 11.8. The zero-order valence-electron chi connectivity index (χ0n) is 11.8. The Bertz CT molecular complexity index is 369. The molecule has 0 saturated heterocycles. The summed E-state index contributed by atoms with van der Waals surface area (Å²) in [5, 5.41) is 11.9. The molecule has 2 N–H and O–H groups in total. The molecule has 0 saturated carbocycles. The van der Waals surface area contributed by atoms with Crippen LogP contribution in [0.25, 0.3) is 0 Å². The summed E-state index contributed by atoms with van der Waals surface area (Å²) in [7, 11) is 0. The van der Waals surface area contributed by atoms with Gasteiger partial charge >= 0.3 is 0 Å². The number of aliphatic hydroxyl groups is 1. The quantitative estimate of drug-likeness (QED) is 0.677. The molecular weight excluding hydrogens is 245 g/mol. The van der Waals surface area contributed by atoms with Crippen molar-refractivity contribution in [2.75, 3.05) is 13.2 Å². The molecule has 0 aliphatic carbocycles. The number of benzene rings is 1. The highest BCUT2D eigenvalue weighted by molar-refractivity contribution is 5.34. The van der Waals surface area contributed by atoms with E-state index in [1.54, 1.807) is 6.07 Å². The minimum atomic E-state index is -0.315. The number of ether oxygens (including phenoxy) is 1.